The van der Waals surface area contributed by atoms with E-state index >= 15 is 0 Å². The third-order valence-electron chi connectivity index (χ3n) is 2.91. The molecular weight excluding hydrogens is 314 g/mol. The standard InChI is InChI=1S/C12H6F6N4/c13-11(14,15)8-5-22(10(21-8)12(16,17)18)7-3-6-1-2-19-9(6)20-4-7/h1-5H,(H,19,20). The SMILES string of the molecule is FC(F)(F)c1cn(-c2cnc3[nH]ccc3c2)c(C(F)(F)F)n1. The van der Waals surface area contributed by atoms with E-state index in [0.717, 1.165) is 6.20 Å². The zero-order valence-electron chi connectivity index (χ0n) is 10.5. The van der Waals surface area contributed by atoms with Crippen LogP contribution in [0, 0.1) is 0 Å². The summed E-state index contributed by atoms with van der Waals surface area (Å²) in [5, 5.41) is 0.466. The van der Waals surface area contributed by atoms with Gasteiger partial charge in [0, 0.05) is 17.8 Å². The number of fused-ring (bicyclic) bond motifs is 1. The van der Waals surface area contributed by atoms with E-state index in [1.165, 1.54) is 12.3 Å². The van der Waals surface area contributed by atoms with E-state index in [9.17, 15) is 26.3 Å². The molecule has 0 aliphatic heterocycles. The summed E-state index contributed by atoms with van der Waals surface area (Å²) in [6, 6.07) is 2.83. The molecule has 0 aliphatic carbocycles. The Morgan fingerprint density at radius 2 is 1.77 bits per heavy atom. The van der Waals surface area contributed by atoms with Gasteiger partial charge in [0.05, 0.1) is 11.9 Å². The first-order chi connectivity index (χ1) is 10.2. The van der Waals surface area contributed by atoms with Crippen LogP contribution in [0.3, 0.4) is 0 Å². The Hall–Kier alpha value is -2.52. The molecule has 0 saturated heterocycles. The van der Waals surface area contributed by atoms with Crippen molar-refractivity contribution in [1.29, 1.82) is 0 Å². The molecule has 116 valence electrons. The van der Waals surface area contributed by atoms with E-state index in [2.05, 4.69) is 15.0 Å². The smallest absolute Gasteiger partial charge is 0.346 e. The third kappa shape index (κ3) is 2.40. The zero-order chi connectivity index (χ0) is 16.1. The Balaban J connectivity index is 2.21. The number of pyridine rings is 1. The Kier molecular flexibility index (Phi) is 2.94. The Labute approximate surface area is 118 Å². The minimum Gasteiger partial charge on any atom is -0.346 e. The molecule has 0 atom stereocenters. The van der Waals surface area contributed by atoms with Crippen LogP contribution in [0.5, 0.6) is 0 Å². The molecule has 0 fully saturated rings. The lowest BCUT2D eigenvalue weighted by Crippen LogP contribution is -2.14. The van der Waals surface area contributed by atoms with Crippen LogP contribution < -0.4 is 0 Å². The van der Waals surface area contributed by atoms with Crippen LogP contribution in [-0.4, -0.2) is 19.5 Å². The molecule has 4 nitrogen and oxygen atoms in total. The zero-order valence-corrected chi connectivity index (χ0v) is 10.5. The number of hydrogen-bond acceptors (Lipinski definition) is 2. The van der Waals surface area contributed by atoms with Gasteiger partial charge < -0.3 is 4.98 Å². The van der Waals surface area contributed by atoms with Crippen molar-refractivity contribution in [3.63, 3.8) is 0 Å². The molecule has 0 radical (unpaired) electrons. The first-order valence-corrected chi connectivity index (χ1v) is 5.83. The molecule has 0 aromatic carbocycles. The van der Waals surface area contributed by atoms with E-state index in [1.54, 1.807) is 6.07 Å². The van der Waals surface area contributed by atoms with Gasteiger partial charge in [0.2, 0.25) is 5.82 Å². The first kappa shape index (κ1) is 14.4. The average Bonchev–Trinajstić information content (AvgIpc) is 3.03. The molecular formula is C12H6F6N4. The summed E-state index contributed by atoms with van der Waals surface area (Å²) in [6.07, 6.45) is -7.15. The molecule has 3 aromatic rings. The molecule has 3 rings (SSSR count). The van der Waals surface area contributed by atoms with Crippen LogP contribution in [-0.2, 0) is 12.4 Å². The van der Waals surface area contributed by atoms with Crippen LogP contribution >= 0.6 is 0 Å². The number of aromatic nitrogens is 4. The highest BCUT2D eigenvalue weighted by molar-refractivity contribution is 5.77. The molecule has 0 amide bonds. The number of imidazole rings is 1. The molecule has 10 heteroatoms. The van der Waals surface area contributed by atoms with E-state index in [-0.39, 0.29) is 5.69 Å². The molecule has 0 unspecified atom stereocenters. The van der Waals surface area contributed by atoms with E-state index < -0.39 is 23.9 Å². The second-order valence-corrected chi connectivity index (χ2v) is 4.42. The maximum absolute atomic E-state index is 12.9. The Morgan fingerprint density at radius 1 is 1.05 bits per heavy atom. The van der Waals surface area contributed by atoms with Crippen molar-refractivity contribution in [3.8, 4) is 5.69 Å². The minimum absolute atomic E-state index is 0.164. The third-order valence-corrected chi connectivity index (χ3v) is 2.91. The minimum atomic E-state index is -5.03. The van der Waals surface area contributed by atoms with Crippen LogP contribution in [0.4, 0.5) is 26.3 Å². The number of halogens is 6. The Morgan fingerprint density at radius 3 is 2.41 bits per heavy atom. The van der Waals surface area contributed by atoms with Gasteiger partial charge in [-0.05, 0) is 12.1 Å². The molecule has 3 heterocycles. The van der Waals surface area contributed by atoms with Crippen molar-refractivity contribution in [2.24, 2.45) is 0 Å². The van der Waals surface area contributed by atoms with Gasteiger partial charge in [0.15, 0.2) is 5.69 Å². The van der Waals surface area contributed by atoms with Gasteiger partial charge >= 0.3 is 12.4 Å². The number of H-pyrrole nitrogens is 1. The molecule has 3 aromatic heterocycles. The molecule has 0 bridgehead atoms. The van der Waals surface area contributed by atoms with Gasteiger partial charge in [-0.3, -0.25) is 4.57 Å². The van der Waals surface area contributed by atoms with Gasteiger partial charge in [-0.2, -0.15) is 26.3 Å². The fourth-order valence-corrected chi connectivity index (χ4v) is 1.97. The topological polar surface area (TPSA) is 46.5 Å². The van der Waals surface area contributed by atoms with E-state index in [0.29, 0.717) is 21.8 Å². The molecule has 0 saturated carbocycles. The summed E-state index contributed by atoms with van der Waals surface area (Å²) in [6.45, 7) is 0. The quantitative estimate of drug-likeness (QED) is 0.694. The van der Waals surface area contributed by atoms with Crippen molar-refractivity contribution in [3.05, 3.63) is 42.2 Å². The predicted molar refractivity (Wildman–Crippen MR) is 63.2 cm³/mol. The highest BCUT2D eigenvalue weighted by atomic mass is 19.4. The lowest BCUT2D eigenvalue weighted by molar-refractivity contribution is -0.150. The predicted octanol–water partition coefficient (Wildman–Crippen LogP) is 3.79. The van der Waals surface area contributed by atoms with Gasteiger partial charge in [0.1, 0.15) is 5.65 Å². The average molecular weight is 320 g/mol. The maximum atomic E-state index is 12.9. The van der Waals surface area contributed by atoms with Crippen molar-refractivity contribution in [2.75, 3.05) is 0 Å². The second kappa shape index (κ2) is 4.49. The summed E-state index contributed by atoms with van der Waals surface area (Å²) in [5.41, 5.74) is -1.37. The molecule has 1 N–H and O–H groups in total. The summed E-state index contributed by atoms with van der Waals surface area (Å²) in [5.74, 6) is -1.66. The lowest BCUT2D eigenvalue weighted by atomic mass is 10.3. The fourth-order valence-electron chi connectivity index (χ4n) is 1.97. The summed E-state index contributed by atoms with van der Waals surface area (Å²) in [7, 11) is 0. The summed E-state index contributed by atoms with van der Waals surface area (Å²) in [4.78, 5) is 9.27. The number of aromatic amines is 1. The first-order valence-electron chi connectivity index (χ1n) is 5.83. The number of rotatable bonds is 1. The second-order valence-electron chi connectivity index (χ2n) is 4.42. The van der Waals surface area contributed by atoms with Crippen molar-refractivity contribution >= 4 is 11.0 Å². The number of alkyl halides is 6. The van der Waals surface area contributed by atoms with Crippen LogP contribution in [0.1, 0.15) is 11.5 Å². The molecule has 0 aliphatic rings. The van der Waals surface area contributed by atoms with Crippen LogP contribution in [0.2, 0.25) is 0 Å². The summed E-state index contributed by atoms with van der Waals surface area (Å²) >= 11 is 0. The van der Waals surface area contributed by atoms with Gasteiger partial charge in [0.25, 0.3) is 0 Å². The van der Waals surface area contributed by atoms with Gasteiger partial charge in [-0.15, -0.1) is 0 Å². The van der Waals surface area contributed by atoms with Crippen molar-refractivity contribution in [2.45, 2.75) is 12.4 Å². The largest absolute Gasteiger partial charge is 0.450 e. The van der Waals surface area contributed by atoms with Gasteiger partial charge in [-0.1, -0.05) is 0 Å². The van der Waals surface area contributed by atoms with Crippen LogP contribution in [0.15, 0.2) is 30.7 Å². The van der Waals surface area contributed by atoms with Gasteiger partial charge in [-0.25, -0.2) is 9.97 Å². The van der Waals surface area contributed by atoms with Crippen LogP contribution in [0.25, 0.3) is 16.7 Å². The maximum Gasteiger partial charge on any atom is 0.450 e. The monoisotopic (exact) mass is 320 g/mol. The van der Waals surface area contributed by atoms with E-state index in [4.69, 9.17) is 0 Å². The fraction of sp³-hybridized carbons (Fsp3) is 0.167. The highest BCUT2D eigenvalue weighted by Gasteiger charge is 2.42. The number of hydrogen-bond donors (Lipinski definition) is 1. The molecule has 0 spiro atoms. The number of nitrogens with zero attached hydrogens (tertiary/aromatic N) is 3. The summed E-state index contributed by atoms with van der Waals surface area (Å²) < 4.78 is 76.9. The Bertz CT molecular complexity index is 826. The highest BCUT2D eigenvalue weighted by Crippen LogP contribution is 2.35. The van der Waals surface area contributed by atoms with E-state index in [1.807, 2.05) is 0 Å². The molecule has 22 heavy (non-hydrogen) atoms. The normalized spacial score (nSPS) is 13.0. The van der Waals surface area contributed by atoms with Crippen molar-refractivity contribution < 1.29 is 26.3 Å². The lowest BCUT2D eigenvalue weighted by Gasteiger charge is -2.09. The van der Waals surface area contributed by atoms with Crippen molar-refractivity contribution in [1.82, 2.24) is 19.5 Å². The number of nitrogens with one attached hydrogen (secondary N) is 1.